The Morgan fingerprint density at radius 2 is 1.34 bits per heavy atom. The van der Waals surface area contributed by atoms with Crippen LogP contribution in [0.3, 0.4) is 0 Å². The molecule has 9 heteroatoms. The van der Waals surface area contributed by atoms with E-state index in [1.165, 1.54) is 24.1 Å². The first-order valence-electron chi connectivity index (χ1n) is 14.6. The SMILES string of the molecule is CC[C@@H](C)NC(=O)[C@@H](Cc1ccccc1)N(Cc1ccccc1)C(=O)CN(c1ccccc1OC)S(=O)(=O)c1ccccc1. The summed E-state index contributed by atoms with van der Waals surface area (Å²) in [5, 5.41) is 3.05. The zero-order chi connectivity index (χ0) is 31.5. The van der Waals surface area contributed by atoms with Crippen LogP contribution in [-0.4, -0.2) is 50.9 Å². The highest BCUT2D eigenvalue weighted by Gasteiger charge is 2.35. The van der Waals surface area contributed by atoms with Crippen LogP contribution in [0.4, 0.5) is 5.69 Å². The summed E-state index contributed by atoms with van der Waals surface area (Å²) < 4.78 is 34.8. The molecule has 0 spiro atoms. The highest BCUT2D eigenvalue weighted by Crippen LogP contribution is 2.32. The quantitative estimate of drug-likeness (QED) is 0.204. The zero-order valence-corrected chi connectivity index (χ0v) is 26.1. The molecule has 0 bridgehead atoms. The van der Waals surface area contributed by atoms with Crippen molar-refractivity contribution in [1.29, 1.82) is 0 Å². The maximum Gasteiger partial charge on any atom is 0.264 e. The Hall–Kier alpha value is -4.63. The minimum absolute atomic E-state index is 0.0312. The summed E-state index contributed by atoms with van der Waals surface area (Å²) in [6.45, 7) is 3.45. The monoisotopic (exact) mass is 613 g/mol. The largest absolute Gasteiger partial charge is 0.495 e. The van der Waals surface area contributed by atoms with Crippen LogP contribution in [0.15, 0.2) is 120 Å². The first-order valence-corrected chi connectivity index (χ1v) is 16.1. The van der Waals surface area contributed by atoms with Gasteiger partial charge in [-0.1, -0.05) is 97.9 Å². The molecule has 0 aromatic heterocycles. The first-order chi connectivity index (χ1) is 21.2. The van der Waals surface area contributed by atoms with Gasteiger partial charge in [0.05, 0.1) is 17.7 Å². The lowest BCUT2D eigenvalue weighted by Crippen LogP contribution is -2.54. The number of rotatable bonds is 14. The van der Waals surface area contributed by atoms with Gasteiger partial charge in [0.25, 0.3) is 10.0 Å². The molecule has 0 aliphatic heterocycles. The van der Waals surface area contributed by atoms with Crippen molar-refractivity contribution in [2.75, 3.05) is 18.0 Å². The second-order valence-electron chi connectivity index (χ2n) is 10.5. The predicted molar refractivity (Wildman–Crippen MR) is 173 cm³/mol. The van der Waals surface area contributed by atoms with Gasteiger partial charge in [0.1, 0.15) is 18.3 Å². The molecule has 44 heavy (non-hydrogen) atoms. The second-order valence-corrected chi connectivity index (χ2v) is 12.4. The van der Waals surface area contributed by atoms with Crippen molar-refractivity contribution in [3.63, 3.8) is 0 Å². The number of nitrogens with zero attached hydrogens (tertiary/aromatic N) is 2. The Kier molecular flexibility index (Phi) is 11.2. The van der Waals surface area contributed by atoms with Crippen molar-refractivity contribution in [3.8, 4) is 5.75 Å². The number of sulfonamides is 1. The lowest BCUT2D eigenvalue weighted by molar-refractivity contribution is -0.140. The van der Waals surface area contributed by atoms with E-state index in [9.17, 15) is 18.0 Å². The van der Waals surface area contributed by atoms with E-state index in [-0.39, 0.29) is 35.5 Å². The standard InChI is InChI=1S/C35H39N3O5S/c1-4-27(2)36-35(40)32(24-28-16-8-5-9-17-28)37(25-29-18-10-6-11-19-29)34(39)26-38(31-22-14-15-23-33(31)43-3)44(41,42)30-20-12-7-13-21-30/h5-23,27,32H,4,24-26H2,1-3H3,(H,36,40)/t27-,32-/m1/s1. The summed E-state index contributed by atoms with van der Waals surface area (Å²) in [4.78, 5) is 29.9. The van der Waals surface area contributed by atoms with E-state index in [2.05, 4.69) is 5.32 Å². The molecule has 0 saturated heterocycles. The van der Waals surface area contributed by atoms with E-state index >= 15 is 0 Å². The molecule has 4 aromatic carbocycles. The summed E-state index contributed by atoms with van der Waals surface area (Å²) in [5.74, 6) is -0.536. The maximum atomic E-state index is 14.5. The van der Waals surface area contributed by atoms with Crippen LogP contribution in [0.5, 0.6) is 5.75 Å². The van der Waals surface area contributed by atoms with Crippen molar-refractivity contribution in [1.82, 2.24) is 10.2 Å². The van der Waals surface area contributed by atoms with Crippen molar-refractivity contribution in [3.05, 3.63) is 126 Å². The van der Waals surface area contributed by atoms with Crippen LogP contribution in [0, 0.1) is 0 Å². The summed E-state index contributed by atoms with van der Waals surface area (Å²) in [7, 11) is -2.76. The normalized spacial score (nSPS) is 12.5. The number of para-hydroxylation sites is 2. The van der Waals surface area contributed by atoms with Crippen molar-refractivity contribution >= 4 is 27.5 Å². The predicted octanol–water partition coefficient (Wildman–Crippen LogP) is 5.45. The molecule has 4 rings (SSSR count). The van der Waals surface area contributed by atoms with Crippen LogP contribution >= 0.6 is 0 Å². The topological polar surface area (TPSA) is 96.0 Å². The van der Waals surface area contributed by atoms with Gasteiger partial charge in [0.15, 0.2) is 0 Å². The van der Waals surface area contributed by atoms with Gasteiger partial charge in [-0.2, -0.15) is 0 Å². The molecule has 8 nitrogen and oxygen atoms in total. The lowest BCUT2D eigenvalue weighted by atomic mass is 10.0. The Morgan fingerprint density at radius 3 is 1.93 bits per heavy atom. The van der Waals surface area contributed by atoms with E-state index in [1.807, 2.05) is 74.5 Å². The Balaban J connectivity index is 1.81. The third-order valence-corrected chi connectivity index (χ3v) is 9.21. The summed E-state index contributed by atoms with van der Waals surface area (Å²) >= 11 is 0. The fourth-order valence-electron chi connectivity index (χ4n) is 4.84. The molecule has 0 aliphatic rings. The Bertz CT molecular complexity index is 1620. The number of carbonyl (C=O) groups is 2. The zero-order valence-electron chi connectivity index (χ0n) is 25.3. The highest BCUT2D eigenvalue weighted by atomic mass is 32.2. The maximum absolute atomic E-state index is 14.5. The molecule has 1 N–H and O–H groups in total. The third-order valence-electron chi connectivity index (χ3n) is 7.43. The van der Waals surface area contributed by atoms with Crippen LogP contribution in [-0.2, 0) is 32.6 Å². The summed E-state index contributed by atoms with van der Waals surface area (Å²) in [6, 6.07) is 32.5. The first kappa shape index (κ1) is 32.3. The van der Waals surface area contributed by atoms with E-state index in [0.29, 0.717) is 12.2 Å². The van der Waals surface area contributed by atoms with Crippen LogP contribution in [0.1, 0.15) is 31.4 Å². The highest BCUT2D eigenvalue weighted by molar-refractivity contribution is 7.92. The molecule has 0 radical (unpaired) electrons. The average molecular weight is 614 g/mol. The number of anilines is 1. The van der Waals surface area contributed by atoms with E-state index in [0.717, 1.165) is 15.4 Å². The average Bonchev–Trinajstić information content (AvgIpc) is 3.06. The third kappa shape index (κ3) is 8.05. The van der Waals surface area contributed by atoms with Gasteiger partial charge in [-0.25, -0.2) is 8.42 Å². The van der Waals surface area contributed by atoms with E-state index < -0.39 is 28.5 Å². The minimum Gasteiger partial charge on any atom is -0.495 e. The smallest absolute Gasteiger partial charge is 0.264 e. The molecule has 0 saturated carbocycles. The number of amides is 2. The summed E-state index contributed by atoms with van der Waals surface area (Å²) in [6.07, 6.45) is 0.967. The second kappa shape index (κ2) is 15.2. The number of methoxy groups -OCH3 is 1. The van der Waals surface area contributed by atoms with Gasteiger partial charge >= 0.3 is 0 Å². The number of hydrogen-bond donors (Lipinski definition) is 1. The van der Waals surface area contributed by atoms with Gasteiger partial charge in [-0.15, -0.1) is 0 Å². The van der Waals surface area contributed by atoms with Gasteiger partial charge in [0.2, 0.25) is 11.8 Å². The van der Waals surface area contributed by atoms with E-state index in [1.54, 1.807) is 42.5 Å². The molecule has 0 aliphatic carbocycles. The molecule has 0 heterocycles. The molecule has 230 valence electrons. The van der Waals surface area contributed by atoms with Crippen LogP contribution in [0.25, 0.3) is 0 Å². The number of ether oxygens (including phenoxy) is 1. The van der Waals surface area contributed by atoms with Gasteiger partial charge in [-0.05, 0) is 48.7 Å². The molecule has 2 amide bonds. The van der Waals surface area contributed by atoms with Gasteiger partial charge in [0, 0.05) is 19.0 Å². The number of carbonyl (C=O) groups excluding carboxylic acids is 2. The Labute approximate surface area is 260 Å². The number of benzene rings is 4. The van der Waals surface area contributed by atoms with Crippen molar-refractivity contribution < 1.29 is 22.7 Å². The molecule has 0 fully saturated rings. The Morgan fingerprint density at radius 1 is 0.795 bits per heavy atom. The van der Waals surface area contributed by atoms with Crippen molar-refractivity contribution in [2.24, 2.45) is 0 Å². The van der Waals surface area contributed by atoms with E-state index in [4.69, 9.17) is 4.74 Å². The molecule has 4 aromatic rings. The fourth-order valence-corrected chi connectivity index (χ4v) is 6.29. The van der Waals surface area contributed by atoms with Crippen LogP contribution < -0.4 is 14.4 Å². The molecular weight excluding hydrogens is 574 g/mol. The fraction of sp³-hybridized carbons (Fsp3) is 0.257. The summed E-state index contributed by atoms with van der Waals surface area (Å²) in [5.41, 5.74) is 1.90. The van der Waals surface area contributed by atoms with Gasteiger partial charge < -0.3 is 15.0 Å². The number of hydrogen-bond acceptors (Lipinski definition) is 5. The molecule has 2 atom stereocenters. The lowest BCUT2D eigenvalue weighted by Gasteiger charge is -2.34. The van der Waals surface area contributed by atoms with Gasteiger partial charge in [-0.3, -0.25) is 13.9 Å². The van der Waals surface area contributed by atoms with Crippen molar-refractivity contribution in [2.45, 2.75) is 50.2 Å². The minimum atomic E-state index is -4.21. The molecule has 0 unspecified atom stereocenters. The number of nitrogens with one attached hydrogen (secondary N) is 1. The molecular formula is C35H39N3O5S. The van der Waals surface area contributed by atoms with Crippen LogP contribution in [0.2, 0.25) is 0 Å².